The largest absolute Gasteiger partial charge is 0.507 e. The van der Waals surface area contributed by atoms with E-state index in [0.717, 1.165) is 5.47 Å². The Balaban J connectivity index is 2.38. The first-order chi connectivity index (χ1) is 10.7. The van der Waals surface area contributed by atoms with Gasteiger partial charge in [0.1, 0.15) is 5.75 Å². The number of aldehydes is 1. The molecule has 6 heteroatoms. The lowest BCUT2D eigenvalue weighted by atomic mass is 9.77. The molecule has 0 unspecified atom stereocenters. The smallest absolute Gasteiger partial charge is 0.491 e. The van der Waals surface area contributed by atoms with Gasteiger partial charge in [0.15, 0.2) is 6.29 Å². The summed E-state index contributed by atoms with van der Waals surface area (Å²) < 4.78 is 12.1. The van der Waals surface area contributed by atoms with Crippen LogP contribution in [0.3, 0.4) is 0 Å². The molecule has 1 heterocycles. The molecule has 2 rings (SSSR count). The average Bonchev–Trinajstić information content (AvgIpc) is 2.69. The van der Waals surface area contributed by atoms with Gasteiger partial charge in [-0.15, -0.1) is 0 Å². The van der Waals surface area contributed by atoms with Gasteiger partial charge in [-0.1, -0.05) is 18.2 Å². The zero-order valence-electron chi connectivity index (χ0n) is 14.3. The quantitative estimate of drug-likeness (QED) is 0.645. The standard InChI is InChI=1S/C17H24BNO4/c1-16(2)17(3,4)23-18(22-16)14(10-19-5)9-12-7-6-8-13(11-20)15(12)21/h6-9,11,19,21H,10H2,1-5H3. The van der Waals surface area contributed by atoms with Crippen molar-refractivity contribution in [1.82, 2.24) is 5.32 Å². The number of phenols is 1. The van der Waals surface area contributed by atoms with Crippen LogP contribution in [0, 0.1) is 0 Å². The van der Waals surface area contributed by atoms with E-state index in [-0.39, 0.29) is 11.3 Å². The van der Waals surface area contributed by atoms with Crippen LogP contribution in [0.5, 0.6) is 5.75 Å². The van der Waals surface area contributed by atoms with Crippen LogP contribution in [0.2, 0.25) is 0 Å². The van der Waals surface area contributed by atoms with Gasteiger partial charge in [0.05, 0.1) is 16.8 Å². The van der Waals surface area contributed by atoms with Gasteiger partial charge in [-0.3, -0.25) is 4.79 Å². The van der Waals surface area contributed by atoms with Gasteiger partial charge in [-0.25, -0.2) is 0 Å². The molecule has 0 saturated carbocycles. The molecule has 1 aliphatic rings. The number of likely N-dealkylation sites (N-methyl/N-ethyl adjacent to an activating group) is 1. The Kier molecular flexibility index (Phi) is 4.99. The minimum atomic E-state index is -0.508. The number of aromatic hydroxyl groups is 1. The number of hydrogen-bond donors (Lipinski definition) is 2. The van der Waals surface area contributed by atoms with Crippen molar-refractivity contribution in [3.63, 3.8) is 0 Å². The summed E-state index contributed by atoms with van der Waals surface area (Å²) in [5, 5.41) is 13.3. The molecule has 2 N–H and O–H groups in total. The van der Waals surface area contributed by atoms with Crippen LogP contribution in [-0.2, 0) is 9.31 Å². The Labute approximate surface area is 137 Å². The van der Waals surface area contributed by atoms with Gasteiger partial charge in [-0.05, 0) is 46.3 Å². The topological polar surface area (TPSA) is 67.8 Å². The number of benzene rings is 1. The average molecular weight is 317 g/mol. The number of para-hydroxylation sites is 1. The fraction of sp³-hybridized carbons (Fsp3) is 0.471. The fourth-order valence-electron chi connectivity index (χ4n) is 2.39. The van der Waals surface area contributed by atoms with Crippen molar-refractivity contribution in [2.75, 3.05) is 13.6 Å². The summed E-state index contributed by atoms with van der Waals surface area (Å²) in [6.07, 6.45) is 2.44. The summed E-state index contributed by atoms with van der Waals surface area (Å²) in [7, 11) is 1.33. The van der Waals surface area contributed by atoms with Crippen LogP contribution in [0.25, 0.3) is 6.08 Å². The molecule has 23 heavy (non-hydrogen) atoms. The van der Waals surface area contributed by atoms with Crippen LogP contribution < -0.4 is 5.32 Å². The van der Waals surface area contributed by atoms with Crippen molar-refractivity contribution in [3.05, 3.63) is 34.8 Å². The third kappa shape index (κ3) is 3.49. The third-order valence-corrected chi connectivity index (χ3v) is 4.50. The molecule has 1 aromatic carbocycles. The first-order valence-corrected chi connectivity index (χ1v) is 7.69. The number of carbonyl (C=O) groups excluding carboxylic acids is 1. The van der Waals surface area contributed by atoms with Crippen LogP contribution in [0.4, 0.5) is 0 Å². The zero-order chi connectivity index (χ0) is 17.3. The van der Waals surface area contributed by atoms with E-state index in [2.05, 4.69) is 5.32 Å². The van der Waals surface area contributed by atoms with Crippen molar-refractivity contribution in [3.8, 4) is 5.75 Å². The highest BCUT2D eigenvalue weighted by molar-refractivity contribution is 6.56. The second-order valence-electron chi connectivity index (χ2n) is 6.74. The lowest BCUT2D eigenvalue weighted by Crippen LogP contribution is -2.41. The maximum atomic E-state index is 11.0. The number of hydrogen-bond acceptors (Lipinski definition) is 5. The molecule has 1 aromatic rings. The summed E-state index contributed by atoms with van der Waals surface area (Å²) in [5.74, 6) is -0.0346. The molecule has 0 aromatic heterocycles. The molecule has 124 valence electrons. The van der Waals surface area contributed by atoms with Gasteiger partial charge >= 0.3 is 7.12 Å². The molecular weight excluding hydrogens is 293 g/mol. The van der Waals surface area contributed by atoms with Gasteiger partial charge in [0.2, 0.25) is 0 Å². The van der Waals surface area contributed by atoms with Crippen LogP contribution in [-0.4, -0.2) is 43.3 Å². The minimum Gasteiger partial charge on any atom is -0.507 e. The van der Waals surface area contributed by atoms with Crippen molar-refractivity contribution in [2.45, 2.75) is 38.9 Å². The lowest BCUT2D eigenvalue weighted by molar-refractivity contribution is 0.00578. The van der Waals surface area contributed by atoms with Crippen molar-refractivity contribution in [1.29, 1.82) is 0 Å². The minimum absolute atomic E-state index is 0.0346. The van der Waals surface area contributed by atoms with Crippen molar-refractivity contribution < 1.29 is 19.2 Å². The molecule has 0 aliphatic carbocycles. The van der Waals surface area contributed by atoms with Gasteiger partial charge in [0, 0.05) is 12.1 Å². The fourth-order valence-corrected chi connectivity index (χ4v) is 2.39. The molecule has 0 atom stereocenters. The van der Waals surface area contributed by atoms with Crippen LogP contribution in [0.1, 0.15) is 43.6 Å². The van der Waals surface area contributed by atoms with E-state index >= 15 is 0 Å². The van der Waals surface area contributed by atoms with Crippen LogP contribution in [0.15, 0.2) is 23.7 Å². The summed E-state index contributed by atoms with van der Waals surface area (Å²) in [5.41, 5.74) is 0.810. The number of carbonyl (C=O) groups is 1. The maximum absolute atomic E-state index is 11.0. The van der Waals surface area contributed by atoms with Crippen molar-refractivity contribution >= 4 is 19.5 Å². The Morgan fingerprint density at radius 1 is 1.22 bits per heavy atom. The van der Waals surface area contributed by atoms with Gasteiger partial charge in [0.25, 0.3) is 0 Å². The predicted molar refractivity (Wildman–Crippen MR) is 91.5 cm³/mol. The van der Waals surface area contributed by atoms with Gasteiger partial charge < -0.3 is 19.7 Å². The first-order valence-electron chi connectivity index (χ1n) is 7.69. The first kappa shape index (κ1) is 17.7. The number of nitrogens with one attached hydrogen (secondary N) is 1. The van der Waals surface area contributed by atoms with E-state index in [1.807, 2.05) is 34.7 Å². The van der Waals surface area contributed by atoms with Crippen molar-refractivity contribution in [2.24, 2.45) is 0 Å². The second kappa shape index (κ2) is 6.47. The Bertz CT molecular complexity index is 609. The van der Waals surface area contributed by atoms with E-state index in [1.54, 1.807) is 24.3 Å². The summed E-state index contributed by atoms with van der Waals surface area (Å²) in [4.78, 5) is 11.0. The molecule has 1 aliphatic heterocycles. The van der Waals surface area contributed by atoms with E-state index in [1.165, 1.54) is 0 Å². The van der Waals surface area contributed by atoms with E-state index < -0.39 is 18.3 Å². The molecule has 1 fully saturated rings. The molecule has 0 amide bonds. The maximum Gasteiger partial charge on any atom is 0.491 e. The highest BCUT2D eigenvalue weighted by atomic mass is 16.7. The molecule has 1 saturated heterocycles. The monoisotopic (exact) mass is 317 g/mol. The highest BCUT2D eigenvalue weighted by Gasteiger charge is 2.52. The second-order valence-corrected chi connectivity index (χ2v) is 6.74. The lowest BCUT2D eigenvalue weighted by Gasteiger charge is -2.32. The van der Waals surface area contributed by atoms with Gasteiger partial charge in [-0.2, -0.15) is 0 Å². The Hall–Kier alpha value is -1.63. The van der Waals surface area contributed by atoms with E-state index in [9.17, 15) is 9.90 Å². The zero-order valence-corrected chi connectivity index (χ0v) is 14.3. The summed E-state index contributed by atoms with van der Waals surface area (Å²) in [6, 6.07) is 5.06. The number of rotatable bonds is 5. The molecule has 5 nitrogen and oxygen atoms in total. The summed E-state index contributed by atoms with van der Waals surface area (Å²) >= 11 is 0. The summed E-state index contributed by atoms with van der Waals surface area (Å²) in [6.45, 7) is 8.52. The third-order valence-electron chi connectivity index (χ3n) is 4.50. The predicted octanol–water partition coefficient (Wildman–Crippen LogP) is 2.44. The Morgan fingerprint density at radius 2 is 1.78 bits per heavy atom. The normalized spacial score (nSPS) is 19.9. The molecule has 0 bridgehead atoms. The van der Waals surface area contributed by atoms with E-state index in [0.29, 0.717) is 18.4 Å². The van der Waals surface area contributed by atoms with E-state index in [4.69, 9.17) is 9.31 Å². The molecule has 0 radical (unpaired) electrons. The highest BCUT2D eigenvalue weighted by Crippen LogP contribution is 2.39. The SMILES string of the molecule is CNCC(=Cc1cccc(C=O)c1O)B1OC(C)(C)C(C)(C)O1. The number of phenolic OH excluding ortho intramolecular Hbond substituents is 1. The molecular formula is C17H24BNO4. The Morgan fingerprint density at radius 3 is 2.30 bits per heavy atom. The van der Waals surface area contributed by atoms with Crippen LogP contribution >= 0.6 is 0 Å². The molecule has 0 spiro atoms.